The molecule has 0 unspecified atom stereocenters. The smallest absolute Gasteiger partial charge is 0.251 e. The normalized spacial score (nSPS) is 11.4. The van der Waals surface area contributed by atoms with Crippen LogP contribution in [0.5, 0.6) is 11.5 Å². The molecular weight excluding hydrogens is 404 g/mol. The molecule has 0 heterocycles. The molecule has 0 atom stereocenters. The molecule has 164 valence electrons. The Balaban J connectivity index is 2.01. The SMILES string of the molecule is CCOc1ccc(CCNC(=O)c2cccc(S(=O)(=O)NC(C)C)c2)cc1OCC. The van der Waals surface area contributed by atoms with Gasteiger partial charge in [-0.2, -0.15) is 0 Å². The van der Waals surface area contributed by atoms with E-state index >= 15 is 0 Å². The molecule has 0 fully saturated rings. The molecule has 2 rings (SSSR count). The van der Waals surface area contributed by atoms with Crippen LogP contribution < -0.4 is 19.5 Å². The number of nitrogens with one attached hydrogen (secondary N) is 2. The fourth-order valence-corrected chi connectivity index (χ4v) is 4.15. The van der Waals surface area contributed by atoms with Crippen molar-refractivity contribution in [3.63, 3.8) is 0 Å². The van der Waals surface area contributed by atoms with Crippen molar-refractivity contribution in [3.05, 3.63) is 53.6 Å². The van der Waals surface area contributed by atoms with E-state index in [1.807, 2.05) is 32.0 Å². The van der Waals surface area contributed by atoms with Crippen LogP contribution in [0.15, 0.2) is 47.4 Å². The predicted molar refractivity (Wildman–Crippen MR) is 117 cm³/mol. The average molecular weight is 435 g/mol. The van der Waals surface area contributed by atoms with E-state index in [0.717, 1.165) is 5.56 Å². The molecule has 1 amide bonds. The molecule has 2 N–H and O–H groups in total. The van der Waals surface area contributed by atoms with Gasteiger partial charge in [0.1, 0.15) is 0 Å². The fraction of sp³-hybridized carbons (Fsp3) is 0.409. The summed E-state index contributed by atoms with van der Waals surface area (Å²) in [5.74, 6) is 1.05. The molecule has 0 aromatic heterocycles. The summed E-state index contributed by atoms with van der Waals surface area (Å²) < 4.78 is 38.3. The molecule has 2 aromatic rings. The maximum Gasteiger partial charge on any atom is 0.251 e. The molecule has 0 bridgehead atoms. The first kappa shape index (κ1) is 23.7. The van der Waals surface area contributed by atoms with Crippen molar-refractivity contribution in [2.45, 2.75) is 45.1 Å². The first-order valence-corrected chi connectivity index (χ1v) is 11.5. The topological polar surface area (TPSA) is 93.7 Å². The Kier molecular flexibility index (Phi) is 8.68. The molecule has 0 aliphatic carbocycles. The minimum atomic E-state index is -3.65. The van der Waals surface area contributed by atoms with Crippen molar-refractivity contribution < 1.29 is 22.7 Å². The number of hydrogen-bond donors (Lipinski definition) is 2. The van der Waals surface area contributed by atoms with E-state index in [-0.39, 0.29) is 16.8 Å². The lowest BCUT2D eigenvalue weighted by Crippen LogP contribution is -2.30. The highest BCUT2D eigenvalue weighted by Gasteiger charge is 2.17. The third-order valence-electron chi connectivity index (χ3n) is 4.10. The molecule has 0 aliphatic heterocycles. The summed E-state index contributed by atoms with van der Waals surface area (Å²) in [5, 5.41) is 2.83. The van der Waals surface area contributed by atoms with Crippen LogP contribution in [-0.2, 0) is 16.4 Å². The van der Waals surface area contributed by atoms with Crippen LogP contribution in [0.25, 0.3) is 0 Å². The summed E-state index contributed by atoms with van der Waals surface area (Å²) in [5.41, 5.74) is 1.29. The van der Waals surface area contributed by atoms with Gasteiger partial charge in [0.2, 0.25) is 10.0 Å². The van der Waals surface area contributed by atoms with Crippen molar-refractivity contribution in [1.82, 2.24) is 10.0 Å². The van der Waals surface area contributed by atoms with Crippen molar-refractivity contribution in [1.29, 1.82) is 0 Å². The number of hydrogen-bond acceptors (Lipinski definition) is 5. The van der Waals surface area contributed by atoms with E-state index in [1.54, 1.807) is 26.0 Å². The van der Waals surface area contributed by atoms with Gasteiger partial charge >= 0.3 is 0 Å². The van der Waals surface area contributed by atoms with E-state index in [1.165, 1.54) is 12.1 Å². The second-order valence-electron chi connectivity index (χ2n) is 6.96. The first-order valence-electron chi connectivity index (χ1n) is 10.1. The number of ether oxygens (including phenoxy) is 2. The van der Waals surface area contributed by atoms with Gasteiger partial charge in [0.15, 0.2) is 11.5 Å². The highest BCUT2D eigenvalue weighted by atomic mass is 32.2. The Labute approximate surface area is 178 Å². The summed E-state index contributed by atoms with van der Waals surface area (Å²) in [6.07, 6.45) is 0.602. The third-order valence-corrected chi connectivity index (χ3v) is 5.76. The van der Waals surface area contributed by atoms with Gasteiger partial charge in [0, 0.05) is 18.2 Å². The molecule has 2 aromatic carbocycles. The summed E-state index contributed by atoms with van der Waals surface area (Å²) >= 11 is 0. The van der Waals surface area contributed by atoms with Crippen LogP contribution in [0.4, 0.5) is 0 Å². The van der Waals surface area contributed by atoms with Gasteiger partial charge in [0.05, 0.1) is 18.1 Å². The predicted octanol–water partition coefficient (Wildman–Crippen LogP) is 3.14. The van der Waals surface area contributed by atoms with Crippen LogP contribution in [0, 0.1) is 0 Å². The Morgan fingerprint density at radius 3 is 2.37 bits per heavy atom. The number of rotatable bonds is 11. The molecule has 7 nitrogen and oxygen atoms in total. The van der Waals surface area contributed by atoms with Gasteiger partial charge in [-0.1, -0.05) is 12.1 Å². The van der Waals surface area contributed by atoms with Gasteiger partial charge in [-0.15, -0.1) is 0 Å². The largest absolute Gasteiger partial charge is 0.490 e. The Hall–Kier alpha value is -2.58. The Morgan fingerprint density at radius 2 is 1.70 bits per heavy atom. The zero-order valence-electron chi connectivity index (χ0n) is 17.9. The molecule has 8 heteroatoms. The maximum absolute atomic E-state index is 12.5. The van der Waals surface area contributed by atoms with Gasteiger partial charge < -0.3 is 14.8 Å². The standard InChI is InChI=1S/C22H30N2O5S/c1-5-28-20-11-10-17(14-21(20)29-6-2)12-13-23-22(25)18-8-7-9-19(15-18)30(26,27)24-16(3)4/h7-11,14-16,24H,5-6,12-13H2,1-4H3,(H,23,25). The lowest BCUT2D eigenvalue weighted by molar-refractivity contribution is 0.0954. The molecule has 0 radical (unpaired) electrons. The number of amides is 1. The van der Waals surface area contributed by atoms with Crippen molar-refractivity contribution >= 4 is 15.9 Å². The van der Waals surface area contributed by atoms with Gasteiger partial charge in [-0.3, -0.25) is 4.79 Å². The Bertz CT molecular complexity index is 958. The second kappa shape index (κ2) is 11.0. The molecule has 0 spiro atoms. The van der Waals surface area contributed by atoms with Gasteiger partial charge in [-0.25, -0.2) is 13.1 Å². The lowest BCUT2D eigenvalue weighted by Gasteiger charge is -2.13. The van der Waals surface area contributed by atoms with E-state index < -0.39 is 10.0 Å². The monoisotopic (exact) mass is 434 g/mol. The number of sulfonamides is 1. The quantitative estimate of drug-likeness (QED) is 0.567. The first-order chi connectivity index (χ1) is 14.3. The number of carbonyl (C=O) groups is 1. The zero-order chi connectivity index (χ0) is 22.1. The number of benzene rings is 2. The number of carbonyl (C=O) groups excluding carboxylic acids is 1. The molecular formula is C22H30N2O5S. The molecule has 0 saturated heterocycles. The van der Waals surface area contributed by atoms with Crippen LogP contribution in [-0.4, -0.2) is 40.1 Å². The second-order valence-corrected chi connectivity index (χ2v) is 8.67. The van der Waals surface area contributed by atoms with E-state index in [9.17, 15) is 13.2 Å². The van der Waals surface area contributed by atoms with Crippen molar-refractivity contribution in [3.8, 4) is 11.5 Å². The van der Waals surface area contributed by atoms with Crippen LogP contribution in [0.1, 0.15) is 43.6 Å². The van der Waals surface area contributed by atoms with Crippen LogP contribution in [0.3, 0.4) is 0 Å². The van der Waals surface area contributed by atoms with Crippen molar-refractivity contribution in [2.24, 2.45) is 0 Å². The van der Waals surface area contributed by atoms with Crippen LogP contribution in [0.2, 0.25) is 0 Å². The van der Waals surface area contributed by atoms with E-state index in [2.05, 4.69) is 10.0 Å². The average Bonchev–Trinajstić information content (AvgIpc) is 2.69. The minimum absolute atomic E-state index is 0.0664. The fourth-order valence-electron chi connectivity index (χ4n) is 2.86. The summed E-state index contributed by atoms with van der Waals surface area (Å²) in [6.45, 7) is 8.80. The van der Waals surface area contributed by atoms with Crippen molar-refractivity contribution in [2.75, 3.05) is 19.8 Å². The molecule has 0 saturated carbocycles. The van der Waals surface area contributed by atoms with E-state index in [0.29, 0.717) is 43.2 Å². The van der Waals surface area contributed by atoms with E-state index in [4.69, 9.17) is 9.47 Å². The Morgan fingerprint density at radius 1 is 1.00 bits per heavy atom. The molecule has 0 aliphatic rings. The van der Waals surface area contributed by atoms with Crippen LogP contribution >= 0.6 is 0 Å². The minimum Gasteiger partial charge on any atom is -0.490 e. The van der Waals surface area contributed by atoms with Gasteiger partial charge in [-0.05, 0) is 70.0 Å². The zero-order valence-corrected chi connectivity index (χ0v) is 18.7. The third kappa shape index (κ3) is 6.74. The summed E-state index contributed by atoms with van der Waals surface area (Å²) in [7, 11) is -3.65. The highest BCUT2D eigenvalue weighted by Crippen LogP contribution is 2.28. The summed E-state index contributed by atoms with van der Waals surface area (Å²) in [6, 6.07) is 11.5. The lowest BCUT2D eigenvalue weighted by atomic mass is 10.1. The van der Waals surface area contributed by atoms with Gasteiger partial charge in [0.25, 0.3) is 5.91 Å². The molecule has 30 heavy (non-hydrogen) atoms. The summed E-state index contributed by atoms with van der Waals surface area (Å²) in [4.78, 5) is 12.5. The highest BCUT2D eigenvalue weighted by molar-refractivity contribution is 7.89. The maximum atomic E-state index is 12.5.